The quantitative estimate of drug-likeness (QED) is 0.680. The van der Waals surface area contributed by atoms with Crippen molar-refractivity contribution in [3.8, 4) is 11.5 Å². The maximum atomic E-state index is 12.2. The summed E-state index contributed by atoms with van der Waals surface area (Å²) in [6.07, 6.45) is 0. The van der Waals surface area contributed by atoms with Gasteiger partial charge in [-0.15, -0.1) is 0 Å². The number of ether oxygens (including phenoxy) is 2. The van der Waals surface area contributed by atoms with Crippen LogP contribution in [0.2, 0.25) is 0 Å². The number of rotatable bonds is 5. The van der Waals surface area contributed by atoms with Gasteiger partial charge in [0.15, 0.2) is 0 Å². The minimum atomic E-state index is -0.407. The van der Waals surface area contributed by atoms with Gasteiger partial charge in [-0.05, 0) is 43.3 Å². The summed E-state index contributed by atoms with van der Waals surface area (Å²) in [4.78, 5) is 23.1. The van der Waals surface area contributed by atoms with E-state index in [0.717, 1.165) is 5.75 Å². The van der Waals surface area contributed by atoms with Gasteiger partial charge in [0.2, 0.25) is 0 Å². The fourth-order valence-electron chi connectivity index (χ4n) is 1.88. The minimum Gasteiger partial charge on any atom is -0.494 e. The second-order valence-electron chi connectivity index (χ2n) is 4.53. The summed E-state index contributed by atoms with van der Waals surface area (Å²) in [6.45, 7) is 3.80. The minimum absolute atomic E-state index is 0.247. The zero-order chi connectivity index (χ0) is 15.9. The molecule has 5 heteroatoms. The van der Waals surface area contributed by atoms with Crippen LogP contribution < -0.4 is 14.8 Å². The summed E-state index contributed by atoms with van der Waals surface area (Å²) in [6, 6.07) is 13.5. The van der Waals surface area contributed by atoms with Gasteiger partial charge in [0.25, 0.3) is 5.91 Å². The molecule has 0 saturated heterocycles. The Morgan fingerprint density at radius 3 is 2.41 bits per heavy atom. The number of nitrogens with one attached hydrogen (secondary N) is 1. The van der Waals surface area contributed by atoms with Crippen LogP contribution in [0.1, 0.15) is 24.2 Å². The first-order chi connectivity index (χ1) is 10.6. The van der Waals surface area contributed by atoms with Gasteiger partial charge in [0.05, 0.1) is 6.61 Å². The highest BCUT2D eigenvalue weighted by Crippen LogP contribution is 2.19. The molecule has 2 aromatic rings. The molecule has 1 N–H and O–H groups in total. The maximum Gasteiger partial charge on any atom is 0.308 e. The highest BCUT2D eigenvalue weighted by Gasteiger charge is 2.07. The molecule has 0 atom stereocenters. The highest BCUT2D eigenvalue weighted by atomic mass is 16.5. The maximum absolute atomic E-state index is 12.2. The molecule has 22 heavy (non-hydrogen) atoms. The van der Waals surface area contributed by atoms with E-state index in [0.29, 0.717) is 23.6 Å². The first kappa shape index (κ1) is 15.6. The number of carbonyl (C=O) groups excluding carboxylic acids is 2. The molecule has 0 spiro atoms. The van der Waals surface area contributed by atoms with Gasteiger partial charge >= 0.3 is 5.97 Å². The normalized spacial score (nSPS) is 9.91. The Bertz CT molecular complexity index is 665. The largest absolute Gasteiger partial charge is 0.494 e. The van der Waals surface area contributed by atoms with E-state index in [1.807, 2.05) is 6.92 Å². The third kappa shape index (κ3) is 4.34. The van der Waals surface area contributed by atoms with Gasteiger partial charge in [0, 0.05) is 24.2 Å². The predicted octanol–water partition coefficient (Wildman–Crippen LogP) is 3.26. The SMILES string of the molecule is CCOc1ccc(C(=O)Nc2cccc(OC(C)=O)c2)cc1. The summed E-state index contributed by atoms with van der Waals surface area (Å²) in [5.41, 5.74) is 1.07. The molecular weight excluding hydrogens is 282 g/mol. The molecule has 114 valence electrons. The molecule has 0 unspecified atom stereocenters. The van der Waals surface area contributed by atoms with Crippen LogP contribution in [-0.2, 0) is 4.79 Å². The summed E-state index contributed by atoms with van der Waals surface area (Å²) in [7, 11) is 0. The smallest absolute Gasteiger partial charge is 0.308 e. The number of amides is 1. The van der Waals surface area contributed by atoms with E-state index >= 15 is 0 Å². The fraction of sp³-hybridized carbons (Fsp3) is 0.176. The zero-order valence-corrected chi connectivity index (χ0v) is 12.5. The van der Waals surface area contributed by atoms with Crippen molar-refractivity contribution >= 4 is 17.6 Å². The van der Waals surface area contributed by atoms with E-state index in [1.54, 1.807) is 48.5 Å². The highest BCUT2D eigenvalue weighted by molar-refractivity contribution is 6.04. The lowest BCUT2D eigenvalue weighted by Gasteiger charge is -2.08. The van der Waals surface area contributed by atoms with Crippen molar-refractivity contribution in [1.29, 1.82) is 0 Å². The van der Waals surface area contributed by atoms with E-state index in [4.69, 9.17) is 9.47 Å². The number of anilines is 1. The molecule has 0 saturated carbocycles. The number of hydrogen-bond acceptors (Lipinski definition) is 4. The van der Waals surface area contributed by atoms with Crippen LogP contribution in [0.3, 0.4) is 0 Å². The standard InChI is InChI=1S/C17H17NO4/c1-3-21-15-9-7-13(8-10-15)17(20)18-14-5-4-6-16(11-14)22-12(2)19/h4-11H,3H2,1-2H3,(H,18,20). The Morgan fingerprint density at radius 2 is 1.77 bits per heavy atom. The summed E-state index contributed by atoms with van der Waals surface area (Å²) in [5.74, 6) is 0.450. The second kappa shape index (κ2) is 7.26. The number of hydrogen-bond donors (Lipinski definition) is 1. The van der Waals surface area contributed by atoms with E-state index < -0.39 is 5.97 Å². The number of carbonyl (C=O) groups is 2. The number of benzene rings is 2. The first-order valence-electron chi connectivity index (χ1n) is 6.91. The molecule has 2 rings (SSSR count). The Morgan fingerprint density at radius 1 is 1.05 bits per heavy atom. The fourth-order valence-corrected chi connectivity index (χ4v) is 1.88. The Balaban J connectivity index is 2.06. The van der Waals surface area contributed by atoms with Gasteiger partial charge in [-0.1, -0.05) is 6.07 Å². The molecule has 1 amide bonds. The zero-order valence-electron chi connectivity index (χ0n) is 12.5. The second-order valence-corrected chi connectivity index (χ2v) is 4.53. The van der Waals surface area contributed by atoms with Crippen molar-refractivity contribution in [3.63, 3.8) is 0 Å². The summed E-state index contributed by atoms with van der Waals surface area (Å²) in [5, 5.41) is 2.75. The first-order valence-corrected chi connectivity index (χ1v) is 6.91. The molecule has 0 radical (unpaired) electrons. The molecule has 0 bridgehead atoms. The lowest BCUT2D eigenvalue weighted by Crippen LogP contribution is -2.12. The summed E-state index contributed by atoms with van der Waals surface area (Å²) < 4.78 is 10.3. The Kier molecular flexibility index (Phi) is 5.14. The molecule has 0 heterocycles. The average molecular weight is 299 g/mol. The predicted molar refractivity (Wildman–Crippen MR) is 83.3 cm³/mol. The third-order valence-electron chi connectivity index (χ3n) is 2.78. The van der Waals surface area contributed by atoms with E-state index in [1.165, 1.54) is 6.92 Å². The average Bonchev–Trinajstić information content (AvgIpc) is 2.48. The van der Waals surface area contributed by atoms with Crippen LogP contribution in [-0.4, -0.2) is 18.5 Å². The van der Waals surface area contributed by atoms with Crippen LogP contribution in [0.15, 0.2) is 48.5 Å². The van der Waals surface area contributed by atoms with Gasteiger partial charge < -0.3 is 14.8 Å². The van der Waals surface area contributed by atoms with Crippen molar-refractivity contribution in [2.24, 2.45) is 0 Å². The van der Waals surface area contributed by atoms with Crippen molar-refractivity contribution in [2.45, 2.75) is 13.8 Å². The lowest BCUT2D eigenvalue weighted by molar-refractivity contribution is -0.131. The molecule has 0 aliphatic rings. The molecule has 0 aliphatic carbocycles. The molecule has 5 nitrogen and oxygen atoms in total. The van der Waals surface area contributed by atoms with Crippen LogP contribution in [0, 0.1) is 0 Å². The monoisotopic (exact) mass is 299 g/mol. The third-order valence-corrected chi connectivity index (χ3v) is 2.78. The van der Waals surface area contributed by atoms with Crippen molar-refractivity contribution < 1.29 is 19.1 Å². The Hall–Kier alpha value is -2.82. The summed E-state index contributed by atoms with van der Waals surface area (Å²) >= 11 is 0. The van der Waals surface area contributed by atoms with Crippen LogP contribution in [0.4, 0.5) is 5.69 Å². The van der Waals surface area contributed by atoms with Crippen LogP contribution in [0.25, 0.3) is 0 Å². The molecular formula is C17H17NO4. The molecule has 0 fully saturated rings. The van der Waals surface area contributed by atoms with Crippen molar-refractivity contribution in [2.75, 3.05) is 11.9 Å². The Labute approximate surface area is 128 Å². The molecule has 2 aromatic carbocycles. The van der Waals surface area contributed by atoms with E-state index in [-0.39, 0.29) is 5.91 Å². The van der Waals surface area contributed by atoms with E-state index in [9.17, 15) is 9.59 Å². The topological polar surface area (TPSA) is 64.6 Å². The van der Waals surface area contributed by atoms with Gasteiger partial charge in [-0.25, -0.2) is 0 Å². The lowest BCUT2D eigenvalue weighted by atomic mass is 10.2. The van der Waals surface area contributed by atoms with Gasteiger partial charge in [0.1, 0.15) is 11.5 Å². The number of esters is 1. The van der Waals surface area contributed by atoms with Crippen LogP contribution in [0.5, 0.6) is 11.5 Å². The van der Waals surface area contributed by atoms with Crippen molar-refractivity contribution in [3.05, 3.63) is 54.1 Å². The molecule has 0 aromatic heterocycles. The van der Waals surface area contributed by atoms with Gasteiger partial charge in [-0.3, -0.25) is 9.59 Å². The van der Waals surface area contributed by atoms with Gasteiger partial charge in [-0.2, -0.15) is 0 Å². The van der Waals surface area contributed by atoms with Crippen LogP contribution >= 0.6 is 0 Å². The van der Waals surface area contributed by atoms with E-state index in [2.05, 4.69) is 5.32 Å². The van der Waals surface area contributed by atoms with Crippen molar-refractivity contribution in [1.82, 2.24) is 0 Å². The molecule has 0 aliphatic heterocycles.